The zero-order chi connectivity index (χ0) is 16.0. The number of rotatable bonds is 11. The molecule has 1 aromatic rings. The average Bonchev–Trinajstić information content (AvgIpc) is 2.52. The number of unbranched alkanes of at least 4 members (excludes halogenated alkanes) is 7. The monoisotopic (exact) mass is 306 g/mol. The second-order valence-corrected chi connectivity index (χ2v) is 5.65. The van der Waals surface area contributed by atoms with Crippen LogP contribution in [-0.2, 0) is 11.2 Å². The van der Waals surface area contributed by atoms with Gasteiger partial charge in [-0.3, -0.25) is 0 Å². The normalized spacial score (nSPS) is 10.5. The van der Waals surface area contributed by atoms with E-state index in [1.165, 1.54) is 56.9 Å². The molecule has 0 aliphatic carbocycles. The number of carbonyl (C=O) groups is 1. The Hall–Kier alpha value is -1.51. The second kappa shape index (κ2) is 12.1. The first-order valence-electron chi connectivity index (χ1n) is 8.69. The van der Waals surface area contributed by atoms with Crippen molar-refractivity contribution in [1.29, 1.82) is 0 Å². The van der Waals surface area contributed by atoms with Crippen LogP contribution >= 0.6 is 0 Å². The second-order valence-electron chi connectivity index (χ2n) is 5.65. The van der Waals surface area contributed by atoms with Crippen LogP contribution < -0.4 is 4.74 Å². The van der Waals surface area contributed by atoms with Gasteiger partial charge in [-0.25, -0.2) is 4.79 Å². The Morgan fingerprint density at radius 1 is 0.864 bits per heavy atom. The highest BCUT2D eigenvalue weighted by atomic mass is 16.7. The third-order valence-corrected chi connectivity index (χ3v) is 3.71. The molecule has 0 heterocycles. The molecule has 0 amide bonds. The summed E-state index contributed by atoms with van der Waals surface area (Å²) >= 11 is 0. The molecule has 0 saturated heterocycles. The molecule has 3 heteroatoms. The lowest BCUT2D eigenvalue weighted by atomic mass is 10.0. The van der Waals surface area contributed by atoms with E-state index in [9.17, 15) is 4.79 Å². The van der Waals surface area contributed by atoms with Crippen molar-refractivity contribution >= 4 is 6.16 Å². The molecule has 0 unspecified atom stereocenters. The van der Waals surface area contributed by atoms with E-state index in [0.29, 0.717) is 12.4 Å². The van der Waals surface area contributed by atoms with Crippen molar-refractivity contribution in [2.24, 2.45) is 0 Å². The van der Waals surface area contributed by atoms with E-state index in [4.69, 9.17) is 9.47 Å². The summed E-state index contributed by atoms with van der Waals surface area (Å²) < 4.78 is 9.78. The van der Waals surface area contributed by atoms with E-state index < -0.39 is 6.16 Å². The molecule has 0 aromatic heterocycles. The van der Waals surface area contributed by atoms with E-state index in [1.54, 1.807) is 6.92 Å². The highest BCUT2D eigenvalue weighted by molar-refractivity contribution is 5.63. The molecule has 0 bridgehead atoms. The summed E-state index contributed by atoms with van der Waals surface area (Å²) in [5.41, 5.74) is 1.29. The quantitative estimate of drug-likeness (QED) is 0.290. The van der Waals surface area contributed by atoms with Gasteiger partial charge in [0, 0.05) is 0 Å². The fourth-order valence-corrected chi connectivity index (χ4v) is 2.43. The van der Waals surface area contributed by atoms with Gasteiger partial charge in [-0.05, 0) is 37.5 Å². The van der Waals surface area contributed by atoms with Gasteiger partial charge in [0.1, 0.15) is 5.75 Å². The molecule has 0 N–H and O–H groups in total. The van der Waals surface area contributed by atoms with Crippen LogP contribution in [0.1, 0.15) is 70.8 Å². The first-order chi connectivity index (χ1) is 10.8. The van der Waals surface area contributed by atoms with E-state index in [1.807, 2.05) is 24.3 Å². The fourth-order valence-electron chi connectivity index (χ4n) is 2.43. The number of hydrogen-bond acceptors (Lipinski definition) is 3. The Morgan fingerprint density at radius 2 is 1.45 bits per heavy atom. The van der Waals surface area contributed by atoms with Crippen LogP contribution in [0, 0.1) is 0 Å². The molecule has 1 aromatic carbocycles. The Kier molecular flexibility index (Phi) is 10.2. The lowest BCUT2D eigenvalue weighted by Gasteiger charge is -2.06. The Morgan fingerprint density at radius 3 is 2.05 bits per heavy atom. The van der Waals surface area contributed by atoms with E-state index in [2.05, 4.69) is 6.92 Å². The van der Waals surface area contributed by atoms with Crippen LogP contribution in [0.5, 0.6) is 5.75 Å². The van der Waals surface area contributed by atoms with Crippen LogP contribution in [0.25, 0.3) is 0 Å². The van der Waals surface area contributed by atoms with Crippen molar-refractivity contribution in [2.45, 2.75) is 71.6 Å². The Bertz CT molecular complexity index is 398. The van der Waals surface area contributed by atoms with Gasteiger partial charge in [0.2, 0.25) is 0 Å². The highest BCUT2D eigenvalue weighted by Gasteiger charge is 2.04. The van der Waals surface area contributed by atoms with Gasteiger partial charge in [0.05, 0.1) is 6.61 Å². The van der Waals surface area contributed by atoms with Crippen LogP contribution in [-0.4, -0.2) is 12.8 Å². The minimum absolute atomic E-state index is 0.329. The predicted octanol–water partition coefficient (Wildman–Crippen LogP) is 5.91. The first kappa shape index (κ1) is 18.5. The van der Waals surface area contributed by atoms with E-state index in [-0.39, 0.29) is 0 Å². The molecule has 124 valence electrons. The van der Waals surface area contributed by atoms with Gasteiger partial charge in [0.25, 0.3) is 0 Å². The van der Waals surface area contributed by atoms with Gasteiger partial charge in [0.15, 0.2) is 0 Å². The summed E-state index contributed by atoms with van der Waals surface area (Å²) in [6, 6.07) is 7.71. The van der Waals surface area contributed by atoms with E-state index >= 15 is 0 Å². The standard InChI is InChI=1S/C19H30O3/c1-3-5-6-7-8-9-10-11-12-17-13-15-18(16-14-17)22-19(20)21-4-2/h13-16H,3-12H2,1-2H3. The lowest BCUT2D eigenvalue weighted by Crippen LogP contribution is -2.09. The maximum Gasteiger partial charge on any atom is 0.513 e. The molecular weight excluding hydrogens is 276 g/mol. The summed E-state index contributed by atoms with van der Waals surface area (Å²) in [5, 5.41) is 0. The highest BCUT2D eigenvalue weighted by Crippen LogP contribution is 2.16. The maximum atomic E-state index is 11.2. The fraction of sp³-hybridized carbons (Fsp3) is 0.632. The number of benzene rings is 1. The topological polar surface area (TPSA) is 35.5 Å². The molecule has 0 aliphatic rings. The average molecular weight is 306 g/mol. The summed E-state index contributed by atoms with van der Waals surface area (Å²) in [7, 11) is 0. The third-order valence-electron chi connectivity index (χ3n) is 3.71. The van der Waals surface area contributed by atoms with Crippen molar-refractivity contribution in [2.75, 3.05) is 6.61 Å². The third kappa shape index (κ3) is 8.71. The largest absolute Gasteiger partial charge is 0.513 e. The number of ether oxygens (including phenoxy) is 2. The molecule has 1 rings (SSSR count). The van der Waals surface area contributed by atoms with Crippen molar-refractivity contribution in [3.05, 3.63) is 29.8 Å². The number of carbonyl (C=O) groups excluding carboxylic acids is 1. The molecule has 3 nitrogen and oxygen atoms in total. The molecular formula is C19H30O3. The van der Waals surface area contributed by atoms with Crippen LogP contribution in [0.3, 0.4) is 0 Å². The zero-order valence-corrected chi connectivity index (χ0v) is 14.1. The molecule has 0 fully saturated rings. The predicted molar refractivity (Wildman–Crippen MR) is 90.4 cm³/mol. The van der Waals surface area contributed by atoms with Crippen molar-refractivity contribution in [3.8, 4) is 5.75 Å². The molecule has 0 radical (unpaired) electrons. The molecule has 0 saturated carbocycles. The summed E-state index contributed by atoms with van der Waals surface area (Å²) in [5.74, 6) is 0.540. The summed E-state index contributed by atoms with van der Waals surface area (Å²) in [6.45, 7) is 4.34. The summed E-state index contributed by atoms with van der Waals surface area (Å²) in [6.07, 6.45) is 11.1. The molecule has 0 spiro atoms. The minimum Gasteiger partial charge on any atom is -0.434 e. The molecule has 0 atom stereocenters. The Labute approximate surface area is 135 Å². The molecule has 0 aliphatic heterocycles. The Balaban J connectivity index is 2.12. The zero-order valence-electron chi connectivity index (χ0n) is 14.1. The first-order valence-corrected chi connectivity index (χ1v) is 8.69. The van der Waals surface area contributed by atoms with Gasteiger partial charge < -0.3 is 9.47 Å². The van der Waals surface area contributed by atoms with Gasteiger partial charge in [-0.15, -0.1) is 0 Å². The van der Waals surface area contributed by atoms with Gasteiger partial charge in [-0.1, -0.05) is 64.0 Å². The molecule has 22 heavy (non-hydrogen) atoms. The van der Waals surface area contributed by atoms with Gasteiger partial charge >= 0.3 is 6.16 Å². The SMILES string of the molecule is CCCCCCCCCCc1ccc(OC(=O)OCC)cc1. The van der Waals surface area contributed by atoms with Crippen LogP contribution in [0.4, 0.5) is 4.79 Å². The smallest absolute Gasteiger partial charge is 0.434 e. The number of hydrogen-bond donors (Lipinski definition) is 0. The van der Waals surface area contributed by atoms with E-state index in [0.717, 1.165) is 6.42 Å². The van der Waals surface area contributed by atoms with Gasteiger partial charge in [-0.2, -0.15) is 0 Å². The minimum atomic E-state index is -0.640. The van der Waals surface area contributed by atoms with Crippen molar-refractivity contribution in [3.63, 3.8) is 0 Å². The lowest BCUT2D eigenvalue weighted by molar-refractivity contribution is 0.104. The maximum absolute atomic E-state index is 11.2. The van der Waals surface area contributed by atoms with Crippen molar-refractivity contribution < 1.29 is 14.3 Å². The number of aryl methyl sites for hydroxylation is 1. The van der Waals surface area contributed by atoms with Crippen molar-refractivity contribution in [1.82, 2.24) is 0 Å². The van der Waals surface area contributed by atoms with Crippen LogP contribution in [0.15, 0.2) is 24.3 Å². The van der Waals surface area contributed by atoms with Crippen LogP contribution in [0.2, 0.25) is 0 Å². The summed E-state index contributed by atoms with van der Waals surface area (Å²) in [4.78, 5) is 11.2.